The van der Waals surface area contributed by atoms with Crippen LogP contribution in [-0.4, -0.2) is 8.56 Å². The maximum atomic E-state index is 6.66. The van der Waals surface area contributed by atoms with Gasteiger partial charge in [-0.1, -0.05) is 47.6 Å². The highest BCUT2D eigenvalue weighted by Gasteiger charge is 2.50. The Morgan fingerprint density at radius 1 is 1.00 bits per heavy atom. The molecule has 2 nitrogen and oxygen atoms in total. The van der Waals surface area contributed by atoms with Crippen LogP contribution < -0.4 is 0 Å². The highest BCUT2D eigenvalue weighted by molar-refractivity contribution is 6.70. The minimum atomic E-state index is -2.36. The van der Waals surface area contributed by atoms with Gasteiger partial charge in [-0.25, -0.2) is 0 Å². The molecule has 0 heterocycles. The number of hydrogen-bond acceptors (Lipinski definition) is 2. The van der Waals surface area contributed by atoms with E-state index in [1.54, 1.807) is 0 Å². The minimum Gasteiger partial charge on any atom is -0.516 e. The summed E-state index contributed by atoms with van der Waals surface area (Å²) in [4.78, 5) is 0. The second kappa shape index (κ2) is 7.29. The number of allylic oxidation sites excluding steroid dienone is 5. The van der Waals surface area contributed by atoms with Crippen LogP contribution in [0, 0.1) is 5.41 Å². The molecule has 2 aliphatic carbocycles. The van der Waals surface area contributed by atoms with Crippen molar-refractivity contribution in [2.45, 2.75) is 84.7 Å². The third kappa shape index (κ3) is 4.53. The maximum absolute atomic E-state index is 6.66. The predicted octanol–water partition coefficient (Wildman–Crippen LogP) is 6.61. The third-order valence-electron chi connectivity index (χ3n) is 4.95. The Morgan fingerprint density at radius 2 is 1.70 bits per heavy atom. The molecule has 0 saturated heterocycles. The monoisotopic (exact) mass is 334 g/mol. The van der Waals surface area contributed by atoms with Gasteiger partial charge in [0.2, 0.25) is 0 Å². The molecular weight excluding hydrogens is 300 g/mol. The van der Waals surface area contributed by atoms with Gasteiger partial charge < -0.3 is 8.85 Å². The van der Waals surface area contributed by atoms with Crippen LogP contribution in [0.2, 0.25) is 11.1 Å². The van der Waals surface area contributed by atoms with Crippen molar-refractivity contribution in [2.75, 3.05) is 0 Å². The summed E-state index contributed by atoms with van der Waals surface area (Å²) in [5.74, 6) is 2.18. The second-order valence-corrected chi connectivity index (χ2v) is 12.4. The first-order valence-corrected chi connectivity index (χ1v) is 11.2. The van der Waals surface area contributed by atoms with E-state index in [2.05, 4.69) is 65.8 Å². The van der Waals surface area contributed by atoms with Crippen LogP contribution in [0.4, 0.5) is 0 Å². The van der Waals surface area contributed by atoms with E-state index in [-0.39, 0.29) is 5.41 Å². The molecule has 23 heavy (non-hydrogen) atoms. The lowest BCUT2D eigenvalue weighted by molar-refractivity contribution is 0.230. The SMILES string of the molecule is CC(C)[Si](OC1=CCC(C)(C)C=C1)(OC1=CCCCC1)C(C)C. The molecule has 0 aromatic heterocycles. The molecule has 0 bridgehead atoms. The molecule has 0 N–H and O–H groups in total. The zero-order valence-corrected chi connectivity index (χ0v) is 16.8. The molecule has 130 valence electrons. The van der Waals surface area contributed by atoms with Gasteiger partial charge in [-0.05, 0) is 49.3 Å². The van der Waals surface area contributed by atoms with Crippen LogP contribution >= 0.6 is 0 Å². The average Bonchev–Trinajstić information content (AvgIpc) is 2.49. The largest absolute Gasteiger partial charge is 0.516 e. The Labute approximate surface area is 143 Å². The van der Waals surface area contributed by atoms with Crippen LogP contribution in [0.3, 0.4) is 0 Å². The summed E-state index contributed by atoms with van der Waals surface area (Å²) >= 11 is 0. The van der Waals surface area contributed by atoms with Gasteiger partial charge in [-0.2, -0.15) is 0 Å². The van der Waals surface area contributed by atoms with Crippen LogP contribution in [0.1, 0.15) is 73.6 Å². The molecular formula is C20H34O2Si. The van der Waals surface area contributed by atoms with Crippen molar-refractivity contribution < 1.29 is 8.85 Å². The van der Waals surface area contributed by atoms with Gasteiger partial charge >= 0.3 is 8.56 Å². The Bertz CT molecular complexity index is 490. The van der Waals surface area contributed by atoms with E-state index in [1.165, 1.54) is 18.6 Å². The van der Waals surface area contributed by atoms with Crippen molar-refractivity contribution in [2.24, 2.45) is 5.41 Å². The topological polar surface area (TPSA) is 18.5 Å². The van der Waals surface area contributed by atoms with Crippen LogP contribution in [-0.2, 0) is 8.85 Å². The van der Waals surface area contributed by atoms with E-state index >= 15 is 0 Å². The maximum Gasteiger partial charge on any atom is 0.465 e. The first kappa shape index (κ1) is 18.4. The first-order chi connectivity index (χ1) is 10.8. The summed E-state index contributed by atoms with van der Waals surface area (Å²) in [6.07, 6.45) is 14.7. The van der Waals surface area contributed by atoms with Gasteiger partial charge in [0.15, 0.2) is 0 Å². The van der Waals surface area contributed by atoms with Crippen molar-refractivity contribution >= 4 is 8.56 Å². The highest BCUT2D eigenvalue weighted by Crippen LogP contribution is 2.41. The summed E-state index contributed by atoms with van der Waals surface area (Å²) in [6.45, 7) is 13.5. The molecule has 2 rings (SSSR count). The molecule has 3 heteroatoms. The van der Waals surface area contributed by atoms with Gasteiger partial charge in [0.25, 0.3) is 0 Å². The quantitative estimate of drug-likeness (QED) is 0.509. The Balaban J connectivity index is 2.22. The summed E-state index contributed by atoms with van der Waals surface area (Å²) in [5, 5.41) is 0. The van der Waals surface area contributed by atoms with Gasteiger partial charge in [-0.3, -0.25) is 0 Å². The molecule has 0 spiro atoms. The average molecular weight is 335 g/mol. The fourth-order valence-corrected chi connectivity index (χ4v) is 6.77. The lowest BCUT2D eigenvalue weighted by Gasteiger charge is -2.40. The lowest BCUT2D eigenvalue weighted by atomic mass is 9.86. The van der Waals surface area contributed by atoms with Crippen LogP contribution in [0.5, 0.6) is 0 Å². The van der Waals surface area contributed by atoms with Crippen molar-refractivity contribution in [3.63, 3.8) is 0 Å². The second-order valence-electron chi connectivity index (χ2n) is 8.28. The van der Waals surface area contributed by atoms with Gasteiger partial charge in [-0.15, -0.1) is 0 Å². The minimum absolute atomic E-state index is 0.236. The van der Waals surface area contributed by atoms with Crippen molar-refractivity contribution in [1.29, 1.82) is 0 Å². The van der Waals surface area contributed by atoms with Crippen LogP contribution in [0.15, 0.2) is 35.8 Å². The van der Waals surface area contributed by atoms with Crippen molar-refractivity contribution in [3.8, 4) is 0 Å². The van der Waals surface area contributed by atoms with Gasteiger partial charge in [0.1, 0.15) is 5.76 Å². The van der Waals surface area contributed by atoms with Crippen molar-refractivity contribution in [1.82, 2.24) is 0 Å². The van der Waals surface area contributed by atoms with Crippen molar-refractivity contribution in [3.05, 3.63) is 35.8 Å². The zero-order valence-electron chi connectivity index (χ0n) is 15.8. The molecule has 0 atom stereocenters. The molecule has 0 amide bonds. The van der Waals surface area contributed by atoms with E-state index in [0.717, 1.165) is 25.0 Å². The van der Waals surface area contributed by atoms with E-state index in [0.29, 0.717) is 11.1 Å². The summed E-state index contributed by atoms with van der Waals surface area (Å²) < 4.78 is 13.3. The van der Waals surface area contributed by atoms with E-state index < -0.39 is 8.56 Å². The van der Waals surface area contributed by atoms with Gasteiger partial charge in [0.05, 0.1) is 5.76 Å². The molecule has 0 unspecified atom stereocenters. The number of rotatable bonds is 6. The molecule has 0 aliphatic heterocycles. The van der Waals surface area contributed by atoms with E-state index in [1.807, 2.05) is 0 Å². The normalized spacial score (nSPS) is 21.2. The van der Waals surface area contributed by atoms with E-state index in [9.17, 15) is 0 Å². The fourth-order valence-electron chi connectivity index (χ4n) is 3.33. The Kier molecular flexibility index (Phi) is 5.82. The van der Waals surface area contributed by atoms with Gasteiger partial charge in [0, 0.05) is 17.5 Å². The van der Waals surface area contributed by atoms with Crippen LogP contribution in [0.25, 0.3) is 0 Å². The van der Waals surface area contributed by atoms with E-state index in [4.69, 9.17) is 8.85 Å². The Hall–Kier alpha value is -0.963. The molecule has 0 fully saturated rings. The Morgan fingerprint density at radius 3 is 2.17 bits per heavy atom. The third-order valence-corrected chi connectivity index (χ3v) is 9.31. The fraction of sp³-hybridized carbons (Fsp3) is 0.700. The summed E-state index contributed by atoms with van der Waals surface area (Å²) in [6, 6.07) is 0. The molecule has 0 saturated carbocycles. The predicted molar refractivity (Wildman–Crippen MR) is 100 cm³/mol. The summed E-state index contributed by atoms with van der Waals surface area (Å²) in [5.41, 5.74) is 1.06. The zero-order chi connectivity index (χ0) is 17.1. The number of hydrogen-bond donors (Lipinski definition) is 0. The summed E-state index contributed by atoms with van der Waals surface area (Å²) in [7, 11) is -2.36. The molecule has 0 aromatic rings. The highest BCUT2D eigenvalue weighted by atomic mass is 28.4. The lowest BCUT2D eigenvalue weighted by Crippen LogP contribution is -2.48. The molecule has 2 aliphatic rings. The first-order valence-electron chi connectivity index (χ1n) is 9.21. The smallest absolute Gasteiger partial charge is 0.465 e. The molecule has 0 aromatic carbocycles. The molecule has 0 radical (unpaired) electrons. The standard InChI is InChI=1S/C20H34O2Si/c1-16(2)23(17(3)4,21-18-10-8-7-9-11-18)22-19-12-14-20(5,6)15-13-19/h10,12-14,16-17H,7-9,11,15H2,1-6H3.